The van der Waals surface area contributed by atoms with Crippen LogP contribution in [0.2, 0.25) is 0 Å². The molecule has 2 saturated heterocycles. The smallest absolute Gasteiger partial charge is 0.312 e. The van der Waals surface area contributed by atoms with Crippen LogP contribution in [0.1, 0.15) is 40.5 Å². The summed E-state index contributed by atoms with van der Waals surface area (Å²) in [6, 6.07) is 0. The lowest BCUT2D eigenvalue weighted by molar-refractivity contribution is -0.402. The Morgan fingerprint density at radius 3 is 2.12 bits per heavy atom. The summed E-state index contributed by atoms with van der Waals surface area (Å²) in [4.78, 5) is 0. The number of ether oxygens (including phenoxy) is 4. The normalized spacial score (nSPS) is 35.4. The molecule has 0 N–H and O–H groups in total. The van der Waals surface area contributed by atoms with Crippen LogP contribution >= 0.6 is 0 Å². The van der Waals surface area contributed by atoms with Crippen molar-refractivity contribution in [2.45, 2.75) is 63.8 Å². The number of hydrogen-bond donors (Lipinski definition) is 0. The topological polar surface area (TPSA) is 36.9 Å². The molecule has 0 amide bonds. The third-order valence-electron chi connectivity index (χ3n) is 3.84. The highest BCUT2D eigenvalue weighted by molar-refractivity contribution is 4.99. The maximum atomic E-state index is 6.03. The molecule has 1 atom stereocenters. The average molecular weight is 230 g/mol. The fraction of sp³-hybridized carbons (Fsp3) is 1.00. The second-order valence-corrected chi connectivity index (χ2v) is 5.54. The fourth-order valence-corrected chi connectivity index (χ4v) is 2.18. The predicted molar refractivity (Wildman–Crippen MR) is 59.0 cm³/mol. The number of methoxy groups -OCH3 is 1. The van der Waals surface area contributed by atoms with Gasteiger partial charge in [-0.3, -0.25) is 0 Å². The largest absolute Gasteiger partial charge is 0.373 e. The molecular weight excluding hydrogens is 208 g/mol. The summed E-state index contributed by atoms with van der Waals surface area (Å²) >= 11 is 0. The SMILES string of the molecule is COC1CCCOC12OC(C)(C)C(C)(C)O2. The molecular formula is C12H22O4. The van der Waals surface area contributed by atoms with Crippen LogP contribution in [0.25, 0.3) is 0 Å². The molecule has 0 aliphatic carbocycles. The fourth-order valence-electron chi connectivity index (χ4n) is 2.18. The highest BCUT2D eigenvalue weighted by Gasteiger charge is 2.62. The minimum absolute atomic E-state index is 0.151. The van der Waals surface area contributed by atoms with Gasteiger partial charge < -0.3 is 18.9 Å². The summed E-state index contributed by atoms with van der Waals surface area (Å²) in [5.41, 5.74) is -0.776. The third-order valence-corrected chi connectivity index (χ3v) is 3.84. The van der Waals surface area contributed by atoms with Crippen molar-refractivity contribution in [3.63, 3.8) is 0 Å². The lowest BCUT2D eigenvalue weighted by atomic mass is 9.90. The van der Waals surface area contributed by atoms with Crippen molar-refractivity contribution in [1.82, 2.24) is 0 Å². The predicted octanol–water partition coefficient (Wildman–Crippen LogP) is 2.07. The van der Waals surface area contributed by atoms with Crippen LogP contribution in [0, 0.1) is 0 Å². The summed E-state index contributed by atoms with van der Waals surface area (Å²) in [6.45, 7) is 8.74. The van der Waals surface area contributed by atoms with Gasteiger partial charge in [0.1, 0.15) is 6.10 Å². The summed E-state index contributed by atoms with van der Waals surface area (Å²) in [5, 5.41) is 0. The zero-order valence-electron chi connectivity index (χ0n) is 10.8. The van der Waals surface area contributed by atoms with Gasteiger partial charge in [-0.2, -0.15) is 0 Å². The van der Waals surface area contributed by atoms with Gasteiger partial charge in [-0.1, -0.05) is 0 Å². The van der Waals surface area contributed by atoms with Crippen molar-refractivity contribution in [3.05, 3.63) is 0 Å². The molecule has 0 aromatic rings. The van der Waals surface area contributed by atoms with Gasteiger partial charge in [-0.25, -0.2) is 0 Å². The second-order valence-electron chi connectivity index (χ2n) is 5.54. The third kappa shape index (κ3) is 1.68. The maximum Gasteiger partial charge on any atom is 0.312 e. The van der Waals surface area contributed by atoms with Crippen LogP contribution in [0.3, 0.4) is 0 Å². The van der Waals surface area contributed by atoms with Gasteiger partial charge in [0.15, 0.2) is 0 Å². The van der Waals surface area contributed by atoms with Crippen molar-refractivity contribution in [2.75, 3.05) is 13.7 Å². The van der Waals surface area contributed by atoms with Crippen molar-refractivity contribution >= 4 is 0 Å². The van der Waals surface area contributed by atoms with E-state index in [2.05, 4.69) is 0 Å². The maximum absolute atomic E-state index is 6.03. The average Bonchev–Trinajstić information content (AvgIpc) is 2.33. The lowest BCUT2D eigenvalue weighted by Crippen LogP contribution is -2.51. The van der Waals surface area contributed by atoms with Crippen LogP contribution in [0.4, 0.5) is 0 Å². The molecule has 1 spiro atoms. The molecule has 16 heavy (non-hydrogen) atoms. The molecule has 0 aromatic heterocycles. The Hall–Kier alpha value is -0.160. The van der Waals surface area contributed by atoms with E-state index in [1.807, 2.05) is 27.7 Å². The molecule has 0 aromatic carbocycles. The van der Waals surface area contributed by atoms with E-state index in [-0.39, 0.29) is 17.3 Å². The van der Waals surface area contributed by atoms with Gasteiger partial charge in [0.2, 0.25) is 0 Å². The summed E-state index contributed by atoms with van der Waals surface area (Å²) in [6.07, 6.45) is 1.73. The first-order valence-corrected chi connectivity index (χ1v) is 5.90. The van der Waals surface area contributed by atoms with E-state index in [0.717, 1.165) is 12.8 Å². The van der Waals surface area contributed by atoms with Crippen molar-refractivity contribution < 1.29 is 18.9 Å². The summed E-state index contributed by atoms with van der Waals surface area (Å²) < 4.78 is 23.2. The van der Waals surface area contributed by atoms with Gasteiger partial charge in [-0.05, 0) is 40.5 Å². The molecule has 0 bridgehead atoms. The van der Waals surface area contributed by atoms with Crippen LogP contribution in [0.15, 0.2) is 0 Å². The van der Waals surface area contributed by atoms with Gasteiger partial charge in [0.25, 0.3) is 0 Å². The highest BCUT2D eigenvalue weighted by atomic mass is 16.9. The molecule has 2 aliphatic heterocycles. The monoisotopic (exact) mass is 230 g/mol. The minimum atomic E-state index is -1.01. The van der Waals surface area contributed by atoms with E-state index in [9.17, 15) is 0 Å². The molecule has 2 fully saturated rings. The van der Waals surface area contributed by atoms with E-state index in [0.29, 0.717) is 6.61 Å². The van der Waals surface area contributed by atoms with E-state index < -0.39 is 5.97 Å². The molecule has 4 heteroatoms. The summed E-state index contributed by atoms with van der Waals surface area (Å²) in [5.74, 6) is -1.01. The van der Waals surface area contributed by atoms with Crippen molar-refractivity contribution in [1.29, 1.82) is 0 Å². The first-order chi connectivity index (χ1) is 7.33. The molecule has 2 heterocycles. The van der Waals surface area contributed by atoms with Gasteiger partial charge >= 0.3 is 5.97 Å². The van der Waals surface area contributed by atoms with Gasteiger partial charge in [-0.15, -0.1) is 0 Å². The molecule has 2 rings (SSSR count). The Kier molecular flexibility index (Phi) is 2.82. The Balaban J connectivity index is 2.27. The Bertz CT molecular complexity index is 256. The highest BCUT2D eigenvalue weighted by Crippen LogP contribution is 2.48. The van der Waals surface area contributed by atoms with E-state index in [1.165, 1.54) is 0 Å². The van der Waals surface area contributed by atoms with E-state index in [4.69, 9.17) is 18.9 Å². The van der Waals surface area contributed by atoms with Crippen LogP contribution < -0.4 is 0 Å². The summed E-state index contributed by atoms with van der Waals surface area (Å²) in [7, 11) is 1.67. The first-order valence-electron chi connectivity index (χ1n) is 5.90. The molecule has 4 nitrogen and oxygen atoms in total. The Morgan fingerprint density at radius 2 is 1.62 bits per heavy atom. The zero-order valence-corrected chi connectivity index (χ0v) is 10.8. The molecule has 1 unspecified atom stereocenters. The molecule has 94 valence electrons. The molecule has 0 radical (unpaired) electrons. The lowest BCUT2D eigenvalue weighted by Gasteiger charge is -2.38. The first kappa shape index (κ1) is 12.3. The zero-order chi connectivity index (χ0) is 12.0. The Morgan fingerprint density at radius 1 is 1.06 bits per heavy atom. The second kappa shape index (κ2) is 3.67. The minimum Gasteiger partial charge on any atom is -0.373 e. The number of hydrogen-bond acceptors (Lipinski definition) is 4. The number of rotatable bonds is 1. The Labute approximate surface area is 97.2 Å². The standard InChI is InChI=1S/C12H22O4/c1-10(2)11(3,4)16-12(15-10)9(13-5)7-6-8-14-12/h9H,6-8H2,1-5H3. The van der Waals surface area contributed by atoms with Crippen LogP contribution in [-0.4, -0.2) is 37.0 Å². The van der Waals surface area contributed by atoms with Crippen LogP contribution in [-0.2, 0) is 18.9 Å². The molecule has 2 aliphatic rings. The van der Waals surface area contributed by atoms with E-state index in [1.54, 1.807) is 7.11 Å². The van der Waals surface area contributed by atoms with Crippen molar-refractivity contribution in [2.24, 2.45) is 0 Å². The van der Waals surface area contributed by atoms with Crippen molar-refractivity contribution in [3.8, 4) is 0 Å². The molecule has 0 saturated carbocycles. The van der Waals surface area contributed by atoms with E-state index >= 15 is 0 Å². The van der Waals surface area contributed by atoms with Gasteiger partial charge in [0, 0.05) is 7.11 Å². The quantitative estimate of drug-likeness (QED) is 0.691. The van der Waals surface area contributed by atoms with Gasteiger partial charge in [0.05, 0.1) is 17.8 Å². The van der Waals surface area contributed by atoms with Crippen LogP contribution in [0.5, 0.6) is 0 Å².